The Morgan fingerprint density at radius 2 is 2.21 bits per heavy atom. The molecule has 0 bridgehead atoms. The highest BCUT2D eigenvalue weighted by atomic mass is 32.2. The Morgan fingerprint density at radius 3 is 2.95 bits per heavy atom. The third-order valence-electron chi connectivity index (χ3n) is 2.13. The van der Waals surface area contributed by atoms with E-state index < -0.39 is 5.82 Å². The number of esters is 1. The molecule has 0 unspecified atom stereocenters. The maximum absolute atomic E-state index is 13.5. The molecule has 1 aromatic carbocycles. The minimum Gasteiger partial charge on any atom is -0.465 e. The second-order valence-corrected chi connectivity index (χ2v) is 4.37. The quantitative estimate of drug-likeness (QED) is 0.620. The van der Waals surface area contributed by atoms with Crippen LogP contribution in [0.4, 0.5) is 4.39 Å². The van der Waals surface area contributed by atoms with Gasteiger partial charge in [-0.1, -0.05) is 23.9 Å². The summed E-state index contributed by atoms with van der Waals surface area (Å²) < 4.78 is 23.5. The van der Waals surface area contributed by atoms with Crippen LogP contribution < -0.4 is 0 Å². The fourth-order valence-electron chi connectivity index (χ4n) is 1.33. The minimum absolute atomic E-state index is 0.0761. The van der Waals surface area contributed by atoms with E-state index in [-0.39, 0.29) is 28.4 Å². The summed E-state index contributed by atoms with van der Waals surface area (Å²) >= 11 is 1.05. The highest BCUT2D eigenvalue weighted by Crippen LogP contribution is 2.24. The number of hydrogen-bond acceptors (Lipinski definition) is 6. The van der Waals surface area contributed by atoms with Crippen molar-refractivity contribution in [3.8, 4) is 11.5 Å². The number of ether oxygens (including phenoxy) is 1. The zero-order valence-corrected chi connectivity index (χ0v) is 10.9. The van der Waals surface area contributed by atoms with Crippen molar-refractivity contribution < 1.29 is 18.3 Å². The van der Waals surface area contributed by atoms with Gasteiger partial charge in [0.05, 0.1) is 12.2 Å². The predicted octanol–water partition coefficient (Wildman–Crippen LogP) is 2.53. The predicted molar refractivity (Wildman–Crippen MR) is 67.0 cm³/mol. The van der Waals surface area contributed by atoms with Gasteiger partial charge >= 0.3 is 5.97 Å². The van der Waals surface area contributed by atoms with Crippen LogP contribution in [0.2, 0.25) is 0 Å². The first-order chi connectivity index (χ1) is 9.20. The highest BCUT2D eigenvalue weighted by Gasteiger charge is 2.14. The Labute approximate surface area is 113 Å². The first kappa shape index (κ1) is 13.5. The van der Waals surface area contributed by atoms with Gasteiger partial charge in [0.25, 0.3) is 11.1 Å². The number of carbonyl (C=O) groups excluding carboxylic acids is 1. The second kappa shape index (κ2) is 6.33. The van der Waals surface area contributed by atoms with E-state index in [0.29, 0.717) is 6.61 Å². The summed E-state index contributed by atoms with van der Waals surface area (Å²) in [6, 6.07) is 6.10. The molecule has 0 atom stereocenters. The van der Waals surface area contributed by atoms with Gasteiger partial charge in [0.1, 0.15) is 11.6 Å². The number of carbonyl (C=O) groups is 1. The average Bonchev–Trinajstić information content (AvgIpc) is 2.86. The van der Waals surface area contributed by atoms with E-state index in [2.05, 4.69) is 10.2 Å². The third kappa shape index (κ3) is 3.54. The van der Waals surface area contributed by atoms with Crippen LogP contribution in [0.1, 0.15) is 6.92 Å². The van der Waals surface area contributed by atoms with Crippen molar-refractivity contribution in [3.05, 3.63) is 30.1 Å². The molecule has 19 heavy (non-hydrogen) atoms. The number of thioether (sulfide) groups is 1. The van der Waals surface area contributed by atoms with E-state index in [1.165, 1.54) is 6.07 Å². The van der Waals surface area contributed by atoms with Gasteiger partial charge in [-0.05, 0) is 19.1 Å². The van der Waals surface area contributed by atoms with E-state index in [0.717, 1.165) is 11.8 Å². The second-order valence-electron chi connectivity index (χ2n) is 3.45. The molecule has 2 aromatic rings. The summed E-state index contributed by atoms with van der Waals surface area (Å²) in [6.07, 6.45) is 0. The molecular weight excluding hydrogens is 271 g/mol. The topological polar surface area (TPSA) is 65.2 Å². The van der Waals surface area contributed by atoms with Crippen molar-refractivity contribution in [2.45, 2.75) is 12.1 Å². The van der Waals surface area contributed by atoms with Gasteiger partial charge in [0, 0.05) is 0 Å². The number of halogens is 1. The number of hydrogen-bond donors (Lipinski definition) is 0. The molecule has 1 aromatic heterocycles. The average molecular weight is 282 g/mol. The van der Waals surface area contributed by atoms with Gasteiger partial charge in [-0.15, -0.1) is 10.2 Å². The van der Waals surface area contributed by atoms with Gasteiger partial charge in [-0.25, -0.2) is 4.39 Å². The largest absolute Gasteiger partial charge is 0.465 e. The lowest BCUT2D eigenvalue weighted by atomic mass is 10.2. The van der Waals surface area contributed by atoms with Gasteiger partial charge in [-0.3, -0.25) is 4.79 Å². The number of benzene rings is 1. The highest BCUT2D eigenvalue weighted by molar-refractivity contribution is 7.99. The van der Waals surface area contributed by atoms with E-state index in [4.69, 9.17) is 9.15 Å². The molecule has 5 nitrogen and oxygen atoms in total. The molecule has 0 fully saturated rings. The Balaban J connectivity index is 2.04. The molecule has 2 rings (SSSR count). The van der Waals surface area contributed by atoms with Crippen molar-refractivity contribution in [1.82, 2.24) is 10.2 Å². The smallest absolute Gasteiger partial charge is 0.316 e. The van der Waals surface area contributed by atoms with Crippen LogP contribution in [-0.2, 0) is 9.53 Å². The molecule has 0 N–H and O–H groups in total. The number of aromatic nitrogens is 2. The van der Waals surface area contributed by atoms with Gasteiger partial charge < -0.3 is 9.15 Å². The lowest BCUT2D eigenvalue weighted by molar-refractivity contribution is -0.139. The zero-order chi connectivity index (χ0) is 13.7. The summed E-state index contributed by atoms with van der Waals surface area (Å²) in [4.78, 5) is 11.2. The monoisotopic (exact) mass is 282 g/mol. The van der Waals surface area contributed by atoms with Crippen LogP contribution in [0, 0.1) is 5.82 Å². The van der Waals surface area contributed by atoms with Crippen molar-refractivity contribution in [2.24, 2.45) is 0 Å². The molecule has 0 radical (unpaired) electrons. The van der Waals surface area contributed by atoms with Crippen molar-refractivity contribution >= 4 is 17.7 Å². The normalized spacial score (nSPS) is 10.4. The van der Waals surface area contributed by atoms with Crippen molar-refractivity contribution in [3.63, 3.8) is 0 Å². The minimum atomic E-state index is -0.437. The third-order valence-corrected chi connectivity index (χ3v) is 2.92. The van der Waals surface area contributed by atoms with Crippen LogP contribution in [0.15, 0.2) is 33.9 Å². The summed E-state index contributed by atoms with van der Waals surface area (Å²) in [5.74, 6) is -0.636. The summed E-state index contributed by atoms with van der Waals surface area (Å²) in [5.41, 5.74) is 0.234. The fraction of sp³-hybridized carbons (Fsp3) is 0.250. The molecule has 0 aliphatic rings. The first-order valence-corrected chi connectivity index (χ1v) is 6.56. The fourth-order valence-corrected chi connectivity index (χ4v) is 1.90. The molecule has 100 valence electrons. The van der Waals surface area contributed by atoms with Crippen molar-refractivity contribution in [1.29, 1.82) is 0 Å². The van der Waals surface area contributed by atoms with E-state index >= 15 is 0 Å². The van der Waals surface area contributed by atoms with Crippen LogP contribution in [0.5, 0.6) is 0 Å². The molecule has 0 spiro atoms. The lowest BCUT2D eigenvalue weighted by Crippen LogP contribution is -2.06. The number of nitrogens with zero attached hydrogens (tertiary/aromatic N) is 2. The van der Waals surface area contributed by atoms with Gasteiger partial charge in [0.15, 0.2) is 0 Å². The molecule has 0 aliphatic carbocycles. The summed E-state index contributed by atoms with van der Waals surface area (Å²) in [6.45, 7) is 2.05. The summed E-state index contributed by atoms with van der Waals surface area (Å²) in [7, 11) is 0. The molecule has 0 aliphatic heterocycles. The van der Waals surface area contributed by atoms with E-state index in [9.17, 15) is 9.18 Å². The van der Waals surface area contributed by atoms with Crippen molar-refractivity contribution in [2.75, 3.05) is 12.4 Å². The SMILES string of the molecule is CCOC(=O)CSc1nnc(-c2ccccc2F)o1. The Bertz CT molecular complexity index is 574. The summed E-state index contributed by atoms with van der Waals surface area (Å²) in [5, 5.41) is 7.68. The maximum atomic E-state index is 13.5. The van der Waals surface area contributed by atoms with Gasteiger partial charge in [0.2, 0.25) is 0 Å². The van der Waals surface area contributed by atoms with E-state index in [1.807, 2.05) is 0 Å². The lowest BCUT2D eigenvalue weighted by Gasteiger charge is -1.98. The Hall–Kier alpha value is -1.89. The molecular formula is C12H11FN2O3S. The van der Waals surface area contributed by atoms with Crippen LogP contribution >= 0.6 is 11.8 Å². The number of rotatable bonds is 5. The molecule has 7 heteroatoms. The standard InChI is InChI=1S/C12H11FN2O3S/c1-2-17-10(16)7-19-12-15-14-11(18-12)8-5-3-4-6-9(8)13/h3-6H,2,7H2,1H3. The first-order valence-electron chi connectivity index (χ1n) is 5.57. The van der Waals surface area contributed by atoms with Crippen LogP contribution in [0.3, 0.4) is 0 Å². The maximum Gasteiger partial charge on any atom is 0.316 e. The molecule has 0 saturated carbocycles. The van der Waals surface area contributed by atoms with Crippen LogP contribution in [-0.4, -0.2) is 28.5 Å². The molecule has 0 amide bonds. The molecule has 0 saturated heterocycles. The zero-order valence-electron chi connectivity index (χ0n) is 10.1. The Morgan fingerprint density at radius 1 is 1.42 bits per heavy atom. The van der Waals surface area contributed by atoms with Gasteiger partial charge in [-0.2, -0.15) is 0 Å². The Kier molecular flexibility index (Phi) is 4.51. The van der Waals surface area contributed by atoms with Crippen LogP contribution in [0.25, 0.3) is 11.5 Å². The molecule has 1 heterocycles. The van der Waals surface area contributed by atoms with E-state index in [1.54, 1.807) is 25.1 Å².